The Labute approximate surface area is 187 Å². The Kier molecular flexibility index (Phi) is 6.24. The molecular weight excluding hydrogens is 411 g/mol. The molecule has 0 aromatic heterocycles. The number of rotatable bonds is 7. The fourth-order valence-corrected chi connectivity index (χ4v) is 5.08. The molecular formula is C25H29FN2O4. The van der Waals surface area contributed by atoms with Crippen molar-refractivity contribution >= 4 is 5.91 Å². The molecule has 1 amide bonds. The number of amides is 1. The fraction of sp³-hybridized carbons (Fsp3) is 0.480. The lowest BCUT2D eigenvalue weighted by molar-refractivity contribution is -0.124. The number of fused-ring (bicyclic) bond motifs is 2. The Bertz CT molecular complexity index is 928. The summed E-state index contributed by atoms with van der Waals surface area (Å²) in [5, 5.41) is 17.1. The van der Waals surface area contributed by atoms with E-state index in [9.17, 15) is 14.3 Å². The lowest BCUT2D eigenvalue weighted by Gasteiger charge is -2.22. The van der Waals surface area contributed by atoms with Crippen molar-refractivity contribution in [2.24, 2.45) is 0 Å². The van der Waals surface area contributed by atoms with Crippen molar-refractivity contribution in [3.63, 3.8) is 0 Å². The monoisotopic (exact) mass is 440 g/mol. The lowest BCUT2D eigenvalue weighted by Crippen LogP contribution is -2.42. The van der Waals surface area contributed by atoms with Gasteiger partial charge in [0.1, 0.15) is 18.0 Å². The van der Waals surface area contributed by atoms with Crippen LogP contribution in [0.4, 0.5) is 4.39 Å². The van der Waals surface area contributed by atoms with Gasteiger partial charge in [-0.1, -0.05) is 36.4 Å². The Morgan fingerprint density at radius 1 is 1.06 bits per heavy atom. The molecule has 5 rings (SSSR count). The van der Waals surface area contributed by atoms with E-state index in [1.54, 1.807) is 12.1 Å². The van der Waals surface area contributed by atoms with E-state index < -0.39 is 12.2 Å². The molecule has 3 aliphatic rings. The summed E-state index contributed by atoms with van der Waals surface area (Å²) in [7, 11) is 0. The molecule has 1 aliphatic carbocycles. The molecule has 7 heteroatoms. The molecule has 2 saturated heterocycles. The maximum Gasteiger partial charge on any atom is 0.222 e. The number of hydrogen-bond donors (Lipinski definition) is 3. The highest BCUT2D eigenvalue weighted by Crippen LogP contribution is 2.35. The number of benzene rings is 2. The van der Waals surface area contributed by atoms with Gasteiger partial charge in [0.05, 0.1) is 24.7 Å². The average molecular weight is 441 g/mol. The first-order valence-electron chi connectivity index (χ1n) is 11.4. The van der Waals surface area contributed by atoms with E-state index >= 15 is 0 Å². The Balaban J connectivity index is 1.04. The van der Waals surface area contributed by atoms with Crippen molar-refractivity contribution in [2.45, 2.75) is 68.8 Å². The summed E-state index contributed by atoms with van der Waals surface area (Å²) in [6.07, 6.45) is 0.945. The number of hydrogen-bond acceptors (Lipinski definition) is 5. The molecule has 2 fully saturated rings. The number of nitrogens with one attached hydrogen (secondary N) is 2. The first-order valence-corrected chi connectivity index (χ1v) is 11.4. The highest BCUT2D eigenvalue weighted by molar-refractivity contribution is 5.76. The van der Waals surface area contributed by atoms with E-state index in [2.05, 4.69) is 34.9 Å². The molecule has 0 saturated carbocycles. The number of aliphatic hydroxyl groups excluding tert-OH is 1. The van der Waals surface area contributed by atoms with Gasteiger partial charge in [0.15, 0.2) is 0 Å². The van der Waals surface area contributed by atoms with Crippen LogP contribution in [0.25, 0.3) is 0 Å². The standard InChI is InChI=1S/C25H29FN2O4/c26-18-7-5-15(6-8-18)13-28-23(29)12-20-11-21-25(31-20)24(30)22(32-21)14-27-19-9-16-3-1-2-4-17(16)10-19/h1-8,19-22,24-25,27,30H,9-14H2,(H,28,29). The van der Waals surface area contributed by atoms with Crippen LogP contribution in [0, 0.1) is 5.82 Å². The molecule has 2 aliphatic heterocycles. The molecule has 3 N–H and O–H groups in total. The molecule has 2 heterocycles. The molecule has 2 aromatic rings. The molecule has 0 spiro atoms. The summed E-state index contributed by atoms with van der Waals surface area (Å²) in [6, 6.07) is 14.9. The second-order valence-electron chi connectivity index (χ2n) is 9.05. The van der Waals surface area contributed by atoms with E-state index in [-0.39, 0.29) is 36.5 Å². The molecule has 5 unspecified atom stereocenters. The third-order valence-electron chi connectivity index (χ3n) is 6.75. The highest BCUT2D eigenvalue weighted by Gasteiger charge is 2.50. The summed E-state index contributed by atoms with van der Waals surface area (Å²) < 4.78 is 25.0. The maximum atomic E-state index is 13.0. The van der Waals surface area contributed by atoms with Crippen LogP contribution >= 0.6 is 0 Å². The molecule has 0 bridgehead atoms. The molecule has 32 heavy (non-hydrogen) atoms. The third kappa shape index (κ3) is 4.71. The smallest absolute Gasteiger partial charge is 0.222 e. The molecule has 170 valence electrons. The van der Waals surface area contributed by atoms with E-state index in [1.807, 2.05) is 0 Å². The summed E-state index contributed by atoms with van der Waals surface area (Å²) in [5.74, 6) is -0.431. The Morgan fingerprint density at radius 2 is 1.78 bits per heavy atom. The van der Waals surface area contributed by atoms with Crippen LogP contribution in [0.5, 0.6) is 0 Å². The molecule has 5 atom stereocenters. The molecule has 2 aromatic carbocycles. The minimum Gasteiger partial charge on any atom is -0.388 e. The Morgan fingerprint density at radius 3 is 2.47 bits per heavy atom. The van der Waals surface area contributed by atoms with Crippen molar-refractivity contribution in [1.82, 2.24) is 10.6 Å². The van der Waals surface area contributed by atoms with Gasteiger partial charge in [-0.05, 0) is 41.7 Å². The van der Waals surface area contributed by atoms with Crippen LogP contribution in [-0.4, -0.2) is 54.1 Å². The molecule has 6 nitrogen and oxygen atoms in total. The van der Waals surface area contributed by atoms with E-state index in [0.29, 0.717) is 25.6 Å². The largest absolute Gasteiger partial charge is 0.388 e. The zero-order valence-electron chi connectivity index (χ0n) is 17.9. The predicted molar refractivity (Wildman–Crippen MR) is 116 cm³/mol. The number of halogens is 1. The minimum absolute atomic E-state index is 0.132. The van der Waals surface area contributed by atoms with Crippen molar-refractivity contribution in [3.05, 3.63) is 71.0 Å². The topological polar surface area (TPSA) is 79.8 Å². The van der Waals surface area contributed by atoms with Gasteiger partial charge >= 0.3 is 0 Å². The van der Waals surface area contributed by atoms with Gasteiger partial charge in [-0.3, -0.25) is 4.79 Å². The highest BCUT2D eigenvalue weighted by atomic mass is 19.1. The Hall–Kier alpha value is -2.32. The molecule has 0 radical (unpaired) electrons. The zero-order chi connectivity index (χ0) is 22.1. The van der Waals surface area contributed by atoms with Crippen LogP contribution < -0.4 is 10.6 Å². The second-order valence-corrected chi connectivity index (χ2v) is 9.05. The number of carbonyl (C=O) groups excluding carboxylic acids is 1. The van der Waals surface area contributed by atoms with Gasteiger partial charge in [-0.2, -0.15) is 0 Å². The zero-order valence-corrected chi connectivity index (χ0v) is 17.9. The van der Waals surface area contributed by atoms with Gasteiger partial charge in [0.25, 0.3) is 0 Å². The number of carbonyl (C=O) groups is 1. The summed E-state index contributed by atoms with van der Waals surface area (Å²) in [4.78, 5) is 12.3. The number of aliphatic hydroxyl groups is 1. The van der Waals surface area contributed by atoms with E-state index in [4.69, 9.17) is 9.47 Å². The van der Waals surface area contributed by atoms with Crippen LogP contribution in [0.2, 0.25) is 0 Å². The normalized spacial score (nSPS) is 29.1. The van der Waals surface area contributed by atoms with Crippen LogP contribution in [0.1, 0.15) is 29.5 Å². The second kappa shape index (κ2) is 9.27. The average Bonchev–Trinajstić information content (AvgIpc) is 3.46. The van der Waals surface area contributed by atoms with Crippen molar-refractivity contribution in [1.29, 1.82) is 0 Å². The predicted octanol–water partition coefficient (Wildman–Crippen LogP) is 1.87. The van der Waals surface area contributed by atoms with Gasteiger partial charge < -0.3 is 25.2 Å². The lowest BCUT2D eigenvalue weighted by atomic mass is 10.1. The van der Waals surface area contributed by atoms with E-state index in [1.165, 1.54) is 23.3 Å². The van der Waals surface area contributed by atoms with Gasteiger partial charge in [-0.15, -0.1) is 0 Å². The van der Waals surface area contributed by atoms with Crippen LogP contribution in [0.15, 0.2) is 48.5 Å². The van der Waals surface area contributed by atoms with Crippen LogP contribution in [-0.2, 0) is 33.7 Å². The summed E-state index contributed by atoms with van der Waals surface area (Å²) >= 11 is 0. The van der Waals surface area contributed by atoms with Crippen molar-refractivity contribution in [2.75, 3.05) is 6.54 Å². The van der Waals surface area contributed by atoms with Gasteiger partial charge in [-0.25, -0.2) is 4.39 Å². The minimum atomic E-state index is -0.705. The fourth-order valence-electron chi connectivity index (χ4n) is 5.08. The van der Waals surface area contributed by atoms with Gasteiger partial charge in [0, 0.05) is 25.6 Å². The van der Waals surface area contributed by atoms with Crippen LogP contribution in [0.3, 0.4) is 0 Å². The summed E-state index contributed by atoms with van der Waals surface area (Å²) in [5.41, 5.74) is 3.61. The van der Waals surface area contributed by atoms with Crippen molar-refractivity contribution < 1.29 is 23.8 Å². The quantitative estimate of drug-likeness (QED) is 0.613. The first-order chi connectivity index (χ1) is 15.5. The third-order valence-corrected chi connectivity index (χ3v) is 6.75. The van der Waals surface area contributed by atoms with Crippen molar-refractivity contribution in [3.8, 4) is 0 Å². The first kappa shape index (κ1) is 21.5. The number of ether oxygens (including phenoxy) is 2. The summed E-state index contributed by atoms with van der Waals surface area (Å²) in [6.45, 7) is 0.926. The SMILES string of the molecule is O=C(CC1CC2OC(CNC3Cc4ccccc4C3)C(O)C2O1)NCc1ccc(F)cc1. The maximum absolute atomic E-state index is 13.0. The van der Waals surface area contributed by atoms with E-state index in [0.717, 1.165) is 18.4 Å². The van der Waals surface area contributed by atoms with Gasteiger partial charge in [0.2, 0.25) is 5.91 Å².